The minimum Gasteiger partial charge on any atom is -0.374 e. The van der Waals surface area contributed by atoms with Gasteiger partial charge in [0.05, 0.1) is 39.6 Å². The van der Waals surface area contributed by atoms with Gasteiger partial charge in [0.15, 0.2) is 6.23 Å². The molecule has 5 aromatic rings. The summed E-state index contributed by atoms with van der Waals surface area (Å²) in [5.74, 6) is 0. The van der Waals surface area contributed by atoms with Crippen molar-refractivity contribution in [1.29, 1.82) is 0 Å². The number of hydrogen-bond donors (Lipinski definition) is 1. The van der Waals surface area contributed by atoms with Crippen LogP contribution in [0.4, 0.5) is 0 Å². The molecule has 0 unspecified atom stereocenters. The largest absolute Gasteiger partial charge is 0.374 e. The molecule has 0 amide bonds. The van der Waals surface area contributed by atoms with E-state index in [1.54, 1.807) is 0 Å². The standard InChI is InChI=1S/C41H43NO6/c43-42(26-32-16-6-1-7-17-32)41-40(47-30-36-24-14-5-15-25-36)39(46-29-35-22-12-4-13-23-35)38(45-28-34-20-10-3-11-21-34)37(48-41)31-44-27-33-18-8-2-9-19-33/h1-25,37-41,43H,26-31H2/t37-,38-,39+,40-,41+/m1/s1. The summed E-state index contributed by atoms with van der Waals surface area (Å²) in [7, 11) is 0. The molecule has 0 bridgehead atoms. The third kappa shape index (κ3) is 9.69. The maximum Gasteiger partial charge on any atom is 0.162 e. The summed E-state index contributed by atoms with van der Waals surface area (Å²) < 4.78 is 33.2. The van der Waals surface area contributed by atoms with E-state index < -0.39 is 30.6 Å². The Balaban J connectivity index is 1.32. The van der Waals surface area contributed by atoms with E-state index >= 15 is 0 Å². The lowest BCUT2D eigenvalue weighted by Gasteiger charge is -2.48. The highest BCUT2D eigenvalue weighted by atomic mass is 16.7. The van der Waals surface area contributed by atoms with E-state index in [9.17, 15) is 5.21 Å². The first-order valence-corrected chi connectivity index (χ1v) is 16.5. The normalized spacial score (nSPS) is 20.9. The molecule has 0 aliphatic carbocycles. The van der Waals surface area contributed by atoms with E-state index in [-0.39, 0.29) is 13.2 Å². The Hall–Kier alpha value is -4.18. The first kappa shape index (κ1) is 33.7. The highest BCUT2D eigenvalue weighted by molar-refractivity contribution is 5.17. The Morgan fingerprint density at radius 2 is 0.833 bits per heavy atom. The molecule has 1 fully saturated rings. The molecule has 1 N–H and O–H groups in total. The van der Waals surface area contributed by atoms with Crippen molar-refractivity contribution in [2.24, 2.45) is 0 Å². The quantitative estimate of drug-likeness (QED) is 0.111. The summed E-state index contributed by atoms with van der Waals surface area (Å²) in [5, 5.41) is 12.9. The number of ether oxygens (including phenoxy) is 5. The Morgan fingerprint density at radius 1 is 0.458 bits per heavy atom. The van der Waals surface area contributed by atoms with Gasteiger partial charge in [-0.1, -0.05) is 152 Å². The second-order valence-electron chi connectivity index (χ2n) is 11.9. The van der Waals surface area contributed by atoms with Crippen LogP contribution in [-0.2, 0) is 56.7 Å². The van der Waals surface area contributed by atoms with Crippen molar-refractivity contribution in [1.82, 2.24) is 5.06 Å². The molecule has 7 heteroatoms. The van der Waals surface area contributed by atoms with Gasteiger partial charge in [0, 0.05) is 0 Å². The molecule has 0 saturated carbocycles. The fourth-order valence-corrected chi connectivity index (χ4v) is 5.87. The summed E-state index contributed by atoms with van der Waals surface area (Å²) in [5.41, 5.74) is 5.04. The molecule has 1 heterocycles. The van der Waals surface area contributed by atoms with Crippen molar-refractivity contribution in [2.45, 2.75) is 63.6 Å². The molecule has 1 aliphatic rings. The zero-order valence-corrected chi connectivity index (χ0v) is 27.0. The number of rotatable bonds is 16. The van der Waals surface area contributed by atoms with Crippen LogP contribution in [0.2, 0.25) is 0 Å². The van der Waals surface area contributed by atoms with Gasteiger partial charge in [-0.3, -0.25) is 0 Å². The van der Waals surface area contributed by atoms with Crippen molar-refractivity contribution in [2.75, 3.05) is 6.61 Å². The lowest BCUT2D eigenvalue weighted by Crippen LogP contribution is -2.64. The van der Waals surface area contributed by atoms with E-state index in [1.165, 1.54) is 5.06 Å². The zero-order valence-electron chi connectivity index (χ0n) is 27.0. The topological polar surface area (TPSA) is 69.6 Å². The molecule has 248 valence electrons. The molecule has 0 radical (unpaired) electrons. The predicted molar refractivity (Wildman–Crippen MR) is 184 cm³/mol. The summed E-state index contributed by atoms with van der Waals surface area (Å²) in [4.78, 5) is 0. The van der Waals surface area contributed by atoms with E-state index in [2.05, 4.69) is 0 Å². The van der Waals surface area contributed by atoms with Crippen molar-refractivity contribution in [3.8, 4) is 0 Å². The first-order chi connectivity index (χ1) is 23.7. The molecule has 5 aromatic carbocycles. The van der Waals surface area contributed by atoms with Crippen LogP contribution in [0.25, 0.3) is 0 Å². The van der Waals surface area contributed by atoms with E-state index in [0.717, 1.165) is 27.8 Å². The molecular weight excluding hydrogens is 602 g/mol. The number of hydrogen-bond acceptors (Lipinski definition) is 7. The molecule has 0 spiro atoms. The summed E-state index contributed by atoms with van der Waals surface area (Å²) >= 11 is 0. The van der Waals surface area contributed by atoms with Gasteiger partial charge in [-0.25, -0.2) is 0 Å². The van der Waals surface area contributed by atoms with Crippen LogP contribution < -0.4 is 0 Å². The Bertz CT molecular complexity index is 1590. The third-order valence-electron chi connectivity index (χ3n) is 8.34. The molecule has 7 nitrogen and oxygen atoms in total. The third-order valence-corrected chi connectivity index (χ3v) is 8.34. The molecular formula is C41H43NO6. The average Bonchev–Trinajstić information content (AvgIpc) is 3.14. The SMILES string of the molecule is ON(Cc1ccccc1)[C@H]1O[C@H](COCc2ccccc2)[C@@H](OCc2ccccc2)[C@H](OCc2ccccc2)[C@H]1OCc1ccccc1. The highest BCUT2D eigenvalue weighted by Gasteiger charge is 2.50. The van der Waals surface area contributed by atoms with Crippen LogP contribution in [0.1, 0.15) is 27.8 Å². The summed E-state index contributed by atoms with van der Waals surface area (Å²) in [6, 6.07) is 49.9. The maximum atomic E-state index is 11.7. The van der Waals surface area contributed by atoms with Gasteiger partial charge in [-0.05, 0) is 27.8 Å². The molecule has 1 saturated heterocycles. The second-order valence-corrected chi connectivity index (χ2v) is 11.9. The molecule has 0 aromatic heterocycles. The highest BCUT2D eigenvalue weighted by Crippen LogP contribution is 2.32. The van der Waals surface area contributed by atoms with Crippen LogP contribution in [-0.4, -0.2) is 47.5 Å². The van der Waals surface area contributed by atoms with Crippen LogP contribution in [0.5, 0.6) is 0 Å². The van der Waals surface area contributed by atoms with Crippen molar-refractivity contribution >= 4 is 0 Å². The lowest BCUT2D eigenvalue weighted by molar-refractivity contribution is -0.344. The van der Waals surface area contributed by atoms with Gasteiger partial charge < -0.3 is 28.9 Å². The number of benzene rings is 5. The summed E-state index contributed by atoms with van der Waals surface area (Å²) in [6.07, 6.45) is -3.37. The van der Waals surface area contributed by atoms with Gasteiger partial charge >= 0.3 is 0 Å². The minimum absolute atomic E-state index is 0.223. The molecule has 5 atom stereocenters. The smallest absolute Gasteiger partial charge is 0.162 e. The van der Waals surface area contributed by atoms with E-state index in [0.29, 0.717) is 26.4 Å². The van der Waals surface area contributed by atoms with Gasteiger partial charge in [0.25, 0.3) is 0 Å². The Kier molecular flexibility index (Phi) is 12.5. The fourth-order valence-electron chi connectivity index (χ4n) is 5.87. The van der Waals surface area contributed by atoms with Crippen LogP contribution >= 0.6 is 0 Å². The van der Waals surface area contributed by atoms with Crippen LogP contribution in [0.3, 0.4) is 0 Å². The maximum absolute atomic E-state index is 11.7. The number of nitrogens with zero attached hydrogens (tertiary/aromatic N) is 1. The number of hydroxylamine groups is 2. The predicted octanol–water partition coefficient (Wildman–Crippen LogP) is 7.58. The van der Waals surface area contributed by atoms with E-state index in [1.807, 2.05) is 152 Å². The fraction of sp³-hybridized carbons (Fsp3) is 0.268. The van der Waals surface area contributed by atoms with Crippen LogP contribution in [0.15, 0.2) is 152 Å². The summed E-state index contributed by atoms with van der Waals surface area (Å²) in [6.45, 7) is 1.84. The molecule has 48 heavy (non-hydrogen) atoms. The van der Waals surface area contributed by atoms with Crippen molar-refractivity contribution < 1.29 is 28.9 Å². The first-order valence-electron chi connectivity index (χ1n) is 16.5. The van der Waals surface area contributed by atoms with Crippen LogP contribution in [0, 0.1) is 0 Å². The van der Waals surface area contributed by atoms with Gasteiger partial charge in [0.2, 0.25) is 0 Å². The van der Waals surface area contributed by atoms with Crippen molar-refractivity contribution in [3.05, 3.63) is 179 Å². The molecule has 1 aliphatic heterocycles. The second kappa shape index (κ2) is 17.8. The van der Waals surface area contributed by atoms with E-state index in [4.69, 9.17) is 23.7 Å². The monoisotopic (exact) mass is 645 g/mol. The lowest BCUT2D eigenvalue weighted by atomic mass is 9.96. The van der Waals surface area contributed by atoms with Gasteiger partial charge in [-0.15, -0.1) is 0 Å². The molecule has 6 rings (SSSR count). The zero-order chi connectivity index (χ0) is 32.8. The Labute approximate surface area is 283 Å². The van der Waals surface area contributed by atoms with Gasteiger partial charge in [-0.2, -0.15) is 5.06 Å². The minimum atomic E-state index is -0.878. The Morgan fingerprint density at radius 3 is 1.29 bits per heavy atom. The van der Waals surface area contributed by atoms with Crippen molar-refractivity contribution in [3.63, 3.8) is 0 Å². The van der Waals surface area contributed by atoms with Gasteiger partial charge in [0.1, 0.15) is 24.4 Å². The average molecular weight is 646 g/mol.